The Balaban J connectivity index is 2.62. The predicted molar refractivity (Wildman–Crippen MR) is 83.8 cm³/mol. The van der Waals surface area contributed by atoms with Gasteiger partial charge in [-0.1, -0.05) is 20.8 Å². The number of alkyl halides is 2. The fraction of sp³-hybridized carbons (Fsp3) is 0.667. The molecule has 0 aromatic carbocycles. The van der Waals surface area contributed by atoms with Crippen LogP contribution in [0.3, 0.4) is 0 Å². The maximum atomic E-state index is 13.0. The Hall–Kier alpha value is -1.05. The molecule has 0 spiro atoms. The van der Waals surface area contributed by atoms with E-state index in [2.05, 4.69) is 38.8 Å². The topological polar surface area (TPSA) is 51.6 Å². The van der Waals surface area contributed by atoms with Crippen LogP contribution < -0.4 is 4.74 Å². The van der Waals surface area contributed by atoms with Crippen LogP contribution in [0.2, 0.25) is 18.1 Å². The largest absolute Gasteiger partial charge is 0.489 e. The molecule has 0 aliphatic rings. The number of rotatable bonds is 7. The van der Waals surface area contributed by atoms with E-state index in [1.165, 1.54) is 6.20 Å². The average molecular weight is 333 g/mol. The Labute approximate surface area is 131 Å². The van der Waals surface area contributed by atoms with Crippen molar-refractivity contribution in [3.8, 4) is 5.75 Å². The number of pyridine rings is 1. The van der Waals surface area contributed by atoms with Gasteiger partial charge in [0, 0.05) is 0 Å². The van der Waals surface area contributed by atoms with Crippen molar-refractivity contribution in [3.05, 3.63) is 23.5 Å². The first-order valence-electron chi connectivity index (χ1n) is 7.23. The monoisotopic (exact) mass is 333 g/mol. The first-order chi connectivity index (χ1) is 10.1. The van der Waals surface area contributed by atoms with E-state index in [1.54, 1.807) is 0 Å². The number of halogens is 2. The summed E-state index contributed by atoms with van der Waals surface area (Å²) in [7, 11) is -1.87. The molecule has 0 atom stereocenters. The van der Waals surface area contributed by atoms with Crippen LogP contribution >= 0.6 is 0 Å². The normalized spacial score (nSPS) is 12.8. The van der Waals surface area contributed by atoms with Crippen molar-refractivity contribution in [3.63, 3.8) is 0 Å². The van der Waals surface area contributed by atoms with Gasteiger partial charge in [-0.3, -0.25) is 4.98 Å². The minimum atomic E-state index is -2.68. The van der Waals surface area contributed by atoms with Crippen molar-refractivity contribution >= 4 is 8.32 Å². The van der Waals surface area contributed by atoms with Crippen LogP contribution in [0, 0.1) is 0 Å². The lowest BCUT2D eigenvalue weighted by atomic mass is 10.2. The van der Waals surface area contributed by atoms with Crippen molar-refractivity contribution in [2.24, 2.45) is 0 Å². The smallest absolute Gasteiger partial charge is 0.267 e. The molecular weight excluding hydrogens is 308 g/mol. The summed E-state index contributed by atoms with van der Waals surface area (Å²) in [5, 5.41) is 9.04. The van der Waals surface area contributed by atoms with Crippen LogP contribution in [0.4, 0.5) is 8.78 Å². The molecular formula is C15H25F2NO3Si. The first-order valence-corrected chi connectivity index (χ1v) is 10.1. The molecule has 0 bridgehead atoms. The number of hydrogen-bond acceptors (Lipinski definition) is 4. The fourth-order valence-corrected chi connectivity index (χ4v) is 2.57. The van der Waals surface area contributed by atoms with E-state index < -0.39 is 14.7 Å². The van der Waals surface area contributed by atoms with Gasteiger partial charge < -0.3 is 14.3 Å². The molecule has 0 radical (unpaired) electrons. The minimum Gasteiger partial charge on any atom is -0.489 e. The molecule has 0 aliphatic heterocycles. The lowest BCUT2D eigenvalue weighted by Gasteiger charge is -2.36. The first kappa shape index (κ1) is 19.0. The van der Waals surface area contributed by atoms with Gasteiger partial charge in [-0.25, -0.2) is 8.78 Å². The number of aliphatic hydroxyl groups is 1. The average Bonchev–Trinajstić information content (AvgIpc) is 2.42. The van der Waals surface area contributed by atoms with Gasteiger partial charge in [-0.2, -0.15) is 0 Å². The highest BCUT2D eigenvalue weighted by Crippen LogP contribution is 2.36. The summed E-state index contributed by atoms with van der Waals surface area (Å²) in [6, 6.07) is 1.16. The van der Waals surface area contributed by atoms with E-state index in [1.807, 2.05) is 0 Å². The summed E-state index contributed by atoms with van der Waals surface area (Å²) in [4.78, 5) is 3.87. The summed E-state index contributed by atoms with van der Waals surface area (Å²) in [6.45, 7) is 10.8. The summed E-state index contributed by atoms with van der Waals surface area (Å²) >= 11 is 0. The Kier molecular flexibility index (Phi) is 6.46. The van der Waals surface area contributed by atoms with Gasteiger partial charge in [0.05, 0.1) is 30.7 Å². The fourth-order valence-electron chi connectivity index (χ4n) is 1.55. The summed E-state index contributed by atoms with van der Waals surface area (Å²) < 4.78 is 37.3. The van der Waals surface area contributed by atoms with Gasteiger partial charge in [0.25, 0.3) is 6.43 Å². The summed E-state index contributed by atoms with van der Waals surface area (Å²) in [5.41, 5.74) is -0.0634. The Morgan fingerprint density at radius 1 is 1.27 bits per heavy atom. The predicted octanol–water partition coefficient (Wildman–Crippen LogP) is 3.91. The highest BCUT2D eigenvalue weighted by molar-refractivity contribution is 6.74. The van der Waals surface area contributed by atoms with Gasteiger partial charge in [-0.15, -0.1) is 0 Å². The molecule has 126 valence electrons. The highest BCUT2D eigenvalue weighted by atomic mass is 28.4. The number of nitrogens with zero attached hydrogens (tertiary/aromatic N) is 1. The molecule has 0 unspecified atom stereocenters. The second-order valence-corrected chi connectivity index (χ2v) is 11.4. The number of aliphatic hydroxyl groups excluding tert-OH is 1. The van der Waals surface area contributed by atoms with Gasteiger partial charge in [0.2, 0.25) is 0 Å². The number of hydrogen-bond donors (Lipinski definition) is 1. The van der Waals surface area contributed by atoms with E-state index in [-0.39, 0.29) is 35.3 Å². The van der Waals surface area contributed by atoms with Crippen LogP contribution in [-0.4, -0.2) is 31.6 Å². The molecule has 0 aliphatic carbocycles. The summed E-state index contributed by atoms with van der Waals surface area (Å²) in [5.74, 6) is 0.0334. The van der Waals surface area contributed by atoms with Gasteiger partial charge in [0.1, 0.15) is 12.4 Å². The molecule has 7 heteroatoms. The molecule has 0 fully saturated rings. The third kappa shape index (κ3) is 5.00. The third-order valence-corrected chi connectivity index (χ3v) is 8.50. The molecule has 1 aromatic rings. The SMILES string of the molecule is CC(C)(C)[Si](C)(C)OCCOc1cnc(CO)cc1C(F)F. The van der Waals surface area contributed by atoms with Crippen molar-refractivity contribution in [1.29, 1.82) is 0 Å². The zero-order chi connectivity index (χ0) is 17.0. The van der Waals surface area contributed by atoms with E-state index in [9.17, 15) is 8.78 Å². The van der Waals surface area contributed by atoms with Gasteiger partial charge >= 0.3 is 0 Å². The molecule has 22 heavy (non-hydrogen) atoms. The van der Waals surface area contributed by atoms with Gasteiger partial charge in [-0.05, 0) is 24.2 Å². The molecule has 0 saturated heterocycles. The van der Waals surface area contributed by atoms with Crippen LogP contribution in [-0.2, 0) is 11.0 Å². The zero-order valence-corrected chi connectivity index (χ0v) is 14.8. The van der Waals surface area contributed by atoms with E-state index >= 15 is 0 Å². The lowest BCUT2D eigenvalue weighted by molar-refractivity contribution is 0.140. The van der Waals surface area contributed by atoms with Crippen LogP contribution in [0.5, 0.6) is 5.75 Å². The molecule has 0 amide bonds. The van der Waals surface area contributed by atoms with E-state index in [4.69, 9.17) is 14.3 Å². The second kappa shape index (κ2) is 7.48. The van der Waals surface area contributed by atoms with Crippen molar-refractivity contribution in [1.82, 2.24) is 4.98 Å². The van der Waals surface area contributed by atoms with Crippen molar-refractivity contribution in [2.75, 3.05) is 13.2 Å². The maximum absolute atomic E-state index is 13.0. The molecule has 1 N–H and O–H groups in total. The third-order valence-electron chi connectivity index (χ3n) is 3.96. The minimum absolute atomic E-state index is 0.0334. The zero-order valence-electron chi connectivity index (χ0n) is 13.8. The molecule has 0 saturated carbocycles. The molecule has 1 aromatic heterocycles. The van der Waals surface area contributed by atoms with Crippen molar-refractivity contribution in [2.45, 2.75) is 51.9 Å². The van der Waals surface area contributed by atoms with E-state index in [0.717, 1.165) is 6.07 Å². The highest BCUT2D eigenvalue weighted by Gasteiger charge is 2.36. The lowest BCUT2D eigenvalue weighted by Crippen LogP contribution is -2.41. The number of ether oxygens (including phenoxy) is 1. The second-order valence-electron chi connectivity index (χ2n) is 6.63. The van der Waals surface area contributed by atoms with Crippen LogP contribution in [0.25, 0.3) is 0 Å². The molecule has 1 heterocycles. The van der Waals surface area contributed by atoms with Crippen molar-refractivity contribution < 1.29 is 23.1 Å². The van der Waals surface area contributed by atoms with Crippen LogP contribution in [0.1, 0.15) is 38.5 Å². The van der Waals surface area contributed by atoms with E-state index in [0.29, 0.717) is 6.61 Å². The number of aromatic nitrogens is 1. The molecule has 4 nitrogen and oxygen atoms in total. The Morgan fingerprint density at radius 2 is 1.91 bits per heavy atom. The Morgan fingerprint density at radius 3 is 2.41 bits per heavy atom. The standard InChI is InChI=1S/C15H25F2NO3Si/c1-15(2,3)22(4,5)21-7-6-20-13-9-18-11(10-19)8-12(13)14(16)17/h8-9,14,19H,6-7,10H2,1-5H3. The maximum Gasteiger partial charge on any atom is 0.267 e. The summed E-state index contributed by atoms with van der Waals surface area (Å²) in [6.07, 6.45) is -1.45. The quantitative estimate of drug-likeness (QED) is 0.607. The van der Waals surface area contributed by atoms with Crippen LogP contribution in [0.15, 0.2) is 12.3 Å². The van der Waals surface area contributed by atoms with Gasteiger partial charge in [0.15, 0.2) is 8.32 Å². The molecule has 1 rings (SSSR count). The Bertz CT molecular complexity index is 490.